The van der Waals surface area contributed by atoms with E-state index in [-0.39, 0.29) is 5.78 Å². The SMILES string of the molecule is CC(=O)c1sccc1-c1ccccc1. The maximum absolute atomic E-state index is 11.3. The lowest BCUT2D eigenvalue weighted by atomic mass is 10.1. The number of benzene rings is 1. The quantitative estimate of drug-likeness (QED) is 0.680. The summed E-state index contributed by atoms with van der Waals surface area (Å²) >= 11 is 1.50. The Hall–Kier alpha value is -1.41. The fraction of sp³-hybridized carbons (Fsp3) is 0.0833. The molecule has 14 heavy (non-hydrogen) atoms. The third kappa shape index (κ3) is 1.61. The Bertz CT molecular complexity index is 442. The normalized spacial score (nSPS) is 10.1. The summed E-state index contributed by atoms with van der Waals surface area (Å²) in [7, 11) is 0. The van der Waals surface area contributed by atoms with E-state index in [2.05, 4.69) is 0 Å². The summed E-state index contributed by atoms with van der Waals surface area (Å²) in [5.74, 6) is 0.138. The highest BCUT2D eigenvalue weighted by Crippen LogP contribution is 2.28. The topological polar surface area (TPSA) is 17.1 Å². The molecule has 0 saturated carbocycles. The molecule has 0 amide bonds. The molecule has 0 saturated heterocycles. The zero-order valence-electron chi connectivity index (χ0n) is 7.86. The summed E-state index contributed by atoms with van der Waals surface area (Å²) in [6.07, 6.45) is 0. The Balaban J connectivity index is 2.52. The lowest BCUT2D eigenvalue weighted by Crippen LogP contribution is -1.89. The molecule has 1 nitrogen and oxygen atoms in total. The van der Waals surface area contributed by atoms with Crippen LogP contribution in [0.2, 0.25) is 0 Å². The van der Waals surface area contributed by atoms with Gasteiger partial charge in [-0.1, -0.05) is 30.3 Å². The number of rotatable bonds is 2. The molecule has 70 valence electrons. The molecule has 0 radical (unpaired) electrons. The van der Waals surface area contributed by atoms with Crippen molar-refractivity contribution in [3.8, 4) is 11.1 Å². The second-order valence-electron chi connectivity index (χ2n) is 3.09. The van der Waals surface area contributed by atoms with Crippen molar-refractivity contribution in [3.63, 3.8) is 0 Å². The van der Waals surface area contributed by atoms with Gasteiger partial charge in [-0.2, -0.15) is 0 Å². The first-order valence-corrected chi connectivity index (χ1v) is 5.31. The zero-order chi connectivity index (χ0) is 9.97. The minimum Gasteiger partial charge on any atom is -0.294 e. The highest BCUT2D eigenvalue weighted by atomic mass is 32.1. The van der Waals surface area contributed by atoms with Gasteiger partial charge in [0.25, 0.3) is 0 Å². The molecule has 1 aromatic heterocycles. The van der Waals surface area contributed by atoms with Crippen LogP contribution in [0.25, 0.3) is 11.1 Å². The Morgan fingerprint density at radius 1 is 1.14 bits per heavy atom. The summed E-state index contributed by atoms with van der Waals surface area (Å²) in [5.41, 5.74) is 2.15. The monoisotopic (exact) mass is 202 g/mol. The van der Waals surface area contributed by atoms with Crippen LogP contribution in [0.1, 0.15) is 16.6 Å². The number of ketones is 1. The van der Waals surface area contributed by atoms with Crippen molar-refractivity contribution in [1.82, 2.24) is 0 Å². The van der Waals surface area contributed by atoms with Crippen molar-refractivity contribution in [2.45, 2.75) is 6.92 Å². The van der Waals surface area contributed by atoms with E-state index >= 15 is 0 Å². The molecule has 0 atom stereocenters. The standard InChI is InChI=1S/C12H10OS/c1-9(13)12-11(7-8-14-12)10-5-3-2-4-6-10/h2-8H,1H3. The van der Waals surface area contributed by atoms with Crippen LogP contribution in [-0.4, -0.2) is 5.78 Å². The minimum atomic E-state index is 0.138. The predicted molar refractivity (Wildman–Crippen MR) is 59.8 cm³/mol. The second-order valence-corrected chi connectivity index (χ2v) is 4.00. The Morgan fingerprint density at radius 3 is 2.50 bits per heavy atom. The van der Waals surface area contributed by atoms with Gasteiger partial charge in [0.2, 0.25) is 0 Å². The van der Waals surface area contributed by atoms with E-state index in [1.165, 1.54) is 11.3 Å². The molecule has 0 aliphatic heterocycles. The van der Waals surface area contributed by atoms with Gasteiger partial charge in [0.1, 0.15) is 0 Å². The first kappa shape index (κ1) is 9.16. The first-order valence-electron chi connectivity index (χ1n) is 4.43. The van der Waals surface area contributed by atoms with Crippen molar-refractivity contribution in [2.24, 2.45) is 0 Å². The molecule has 0 aliphatic carbocycles. The number of carbonyl (C=O) groups is 1. The van der Waals surface area contributed by atoms with Crippen LogP contribution in [0.5, 0.6) is 0 Å². The van der Waals surface area contributed by atoms with E-state index in [0.717, 1.165) is 16.0 Å². The molecule has 0 spiro atoms. The van der Waals surface area contributed by atoms with Crippen LogP contribution >= 0.6 is 11.3 Å². The average Bonchev–Trinajstić information content (AvgIpc) is 2.67. The van der Waals surface area contributed by atoms with E-state index in [1.807, 2.05) is 41.8 Å². The minimum absolute atomic E-state index is 0.138. The van der Waals surface area contributed by atoms with Crippen molar-refractivity contribution in [1.29, 1.82) is 0 Å². The van der Waals surface area contributed by atoms with Crippen LogP contribution in [0, 0.1) is 0 Å². The fourth-order valence-corrected chi connectivity index (χ4v) is 2.25. The van der Waals surface area contributed by atoms with Gasteiger partial charge in [-0.3, -0.25) is 4.79 Å². The maximum atomic E-state index is 11.3. The van der Waals surface area contributed by atoms with Crippen LogP contribution in [0.15, 0.2) is 41.8 Å². The maximum Gasteiger partial charge on any atom is 0.170 e. The van der Waals surface area contributed by atoms with E-state index in [1.54, 1.807) is 6.92 Å². The van der Waals surface area contributed by atoms with Gasteiger partial charge in [-0.05, 0) is 23.9 Å². The van der Waals surface area contributed by atoms with Gasteiger partial charge in [-0.15, -0.1) is 11.3 Å². The zero-order valence-corrected chi connectivity index (χ0v) is 8.67. The molecule has 2 rings (SSSR count). The van der Waals surface area contributed by atoms with Gasteiger partial charge < -0.3 is 0 Å². The summed E-state index contributed by atoms with van der Waals surface area (Å²) in [6.45, 7) is 1.61. The van der Waals surface area contributed by atoms with Gasteiger partial charge in [0.05, 0.1) is 4.88 Å². The van der Waals surface area contributed by atoms with Crippen molar-refractivity contribution >= 4 is 17.1 Å². The summed E-state index contributed by atoms with van der Waals surface area (Å²) in [5, 5.41) is 1.96. The highest BCUT2D eigenvalue weighted by Gasteiger charge is 2.09. The average molecular weight is 202 g/mol. The number of Topliss-reactive ketones (excluding diaryl/α,β-unsaturated/α-hetero) is 1. The van der Waals surface area contributed by atoms with Crippen LogP contribution in [0.3, 0.4) is 0 Å². The molecule has 0 fully saturated rings. The number of hydrogen-bond acceptors (Lipinski definition) is 2. The summed E-state index contributed by atoms with van der Waals surface area (Å²) in [4.78, 5) is 12.2. The molecule has 1 aromatic carbocycles. The van der Waals surface area contributed by atoms with Crippen molar-refractivity contribution in [2.75, 3.05) is 0 Å². The first-order chi connectivity index (χ1) is 6.79. The van der Waals surface area contributed by atoms with Gasteiger partial charge in [0.15, 0.2) is 5.78 Å². The number of carbonyl (C=O) groups excluding carboxylic acids is 1. The Morgan fingerprint density at radius 2 is 1.86 bits per heavy atom. The number of thiophene rings is 1. The Kier molecular flexibility index (Phi) is 2.46. The third-order valence-electron chi connectivity index (χ3n) is 2.07. The molecule has 0 aliphatic rings. The molecular weight excluding hydrogens is 192 g/mol. The molecule has 0 unspecified atom stereocenters. The predicted octanol–water partition coefficient (Wildman–Crippen LogP) is 3.62. The van der Waals surface area contributed by atoms with Crippen LogP contribution < -0.4 is 0 Å². The van der Waals surface area contributed by atoms with Crippen molar-refractivity contribution < 1.29 is 4.79 Å². The van der Waals surface area contributed by atoms with Crippen LogP contribution in [-0.2, 0) is 0 Å². The summed E-state index contributed by atoms with van der Waals surface area (Å²) < 4.78 is 0. The van der Waals surface area contributed by atoms with E-state index in [9.17, 15) is 4.79 Å². The highest BCUT2D eigenvalue weighted by molar-refractivity contribution is 7.12. The van der Waals surface area contributed by atoms with Crippen LogP contribution in [0.4, 0.5) is 0 Å². The molecule has 2 heteroatoms. The second kappa shape index (κ2) is 3.76. The lowest BCUT2D eigenvalue weighted by Gasteiger charge is -1.99. The lowest BCUT2D eigenvalue weighted by molar-refractivity contribution is 0.102. The van der Waals surface area contributed by atoms with Gasteiger partial charge >= 0.3 is 0 Å². The molecule has 1 heterocycles. The van der Waals surface area contributed by atoms with Crippen molar-refractivity contribution in [3.05, 3.63) is 46.7 Å². The summed E-state index contributed by atoms with van der Waals surface area (Å²) in [6, 6.07) is 12.0. The smallest absolute Gasteiger partial charge is 0.170 e. The molecule has 0 bridgehead atoms. The number of hydrogen-bond donors (Lipinski definition) is 0. The van der Waals surface area contributed by atoms with Gasteiger partial charge in [0, 0.05) is 5.56 Å². The largest absolute Gasteiger partial charge is 0.294 e. The van der Waals surface area contributed by atoms with E-state index < -0.39 is 0 Å². The van der Waals surface area contributed by atoms with E-state index in [0.29, 0.717) is 0 Å². The fourth-order valence-electron chi connectivity index (χ4n) is 1.43. The van der Waals surface area contributed by atoms with Gasteiger partial charge in [-0.25, -0.2) is 0 Å². The molecule has 0 N–H and O–H groups in total. The third-order valence-corrected chi connectivity index (χ3v) is 3.09. The Labute approximate surface area is 87.0 Å². The van der Waals surface area contributed by atoms with E-state index in [4.69, 9.17) is 0 Å². The molecular formula is C12H10OS. The molecule has 2 aromatic rings.